The summed E-state index contributed by atoms with van der Waals surface area (Å²) in [4.78, 5) is 0. The van der Waals surface area contributed by atoms with E-state index in [4.69, 9.17) is 4.74 Å². The lowest BCUT2D eigenvalue weighted by Crippen LogP contribution is -2.14. The van der Waals surface area contributed by atoms with E-state index < -0.39 is 0 Å². The molecule has 0 aliphatic rings. The van der Waals surface area contributed by atoms with Gasteiger partial charge in [0, 0.05) is 25.1 Å². The van der Waals surface area contributed by atoms with E-state index in [1.807, 2.05) is 17.8 Å². The second kappa shape index (κ2) is 5.34. The lowest BCUT2D eigenvalue weighted by molar-refractivity contribution is 0.0993. The first-order valence-corrected chi connectivity index (χ1v) is 5.36. The van der Waals surface area contributed by atoms with Gasteiger partial charge in [0.05, 0.1) is 18.3 Å². The normalized spacial score (nSPS) is 13.2. The van der Waals surface area contributed by atoms with Gasteiger partial charge in [-0.3, -0.25) is 0 Å². The standard InChI is InChI=1S/C8H14BrN3O/c1-7(13-2)5-12-6-8(3-4-9)10-11-12/h6-7H,3-5H2,1-2H3. The summed E-state index contributed by atoms with van der Waals surface area (Å²) in [5, 5.41) is 8.93. The quantitative estimate of drug-likeness (QED) is 0.736. The van der Waals surface area contributed by atoms with Crippen molar-refractivity contribution in [2.24, 2.45) is 0 Å². The van der Waals surface area contributed by atoms with Gasteiger partial charge in [0.15, 0.2) is 0 Å². The molecule has 0 bridgehead atoms. The maximum atomic E-state index is 5.13. The van der Waals surface area contributed by atoms with Crippen molar-refractivity contribution in [1.29, 1.82) is 0 Å². The van der Waals surface area contributed by atoms with Crippen LogP contribution in [0.1, 0.15) is 12.6 Å². The number of ether oxygens (including phenoxy) is 1. The Labute approximate surface area is 86.4 Å². The second-order valence-corrected chi connectivity index (χ2v) is 3.71. The fourth-order valence-corrected chi connectivity index (χ4v) is 1.38. The van der Waals surface area contributed by atoms with E-state index in [2.05, 4.69) is 26.2 Å². The largest absolute Gasteiger partial charge is 0.380 e. The molecule has 0 spiro atoms. The SMILES string of the molecule is COC(C)Cn1cc(CCBr)nn1. The summed E-state index contributed by atoms with van der Waals surface area (Å²) in [6.45, 7) is 2.76. The molecular weight excluding hydrogens is 234 g/mol. The van der Waals surface area contributed by atoms with Crippen molar-refractivity contribution in [2.75, 3.05) is 12.4 Å². The smallest absolute Gasteiger partial charge is 0.0835 e. The van der Waals surface area contributed by atoms with Gasteiger partial charge in [0.2, 0.25) is 0 Å². The Morgan fingerprint density at radius 3 is 3.08 bits per heavy atom. The number of rotatable bonds is 5. The van der Waals surface area contributed by atoms with Crippen LogP contribution in [0.4, 0.5) is 0 Å². The Hall–Kier alpha value is -0.420. The van der Waals surface area contributed by atoms with Gasteiger partial charge in [0.1, 0.15) is 0 Å². The van der Waals surface area contributed by atoms with Gasteiger partial charge in [0.25, 0.3) is 0 Å². The minimum atomic E-state index is 0.179. The minimum absolute atomic E-state index is 0.179. The topological polar surface area (TPSA) is 39.9 Å². The number of alkyl halides is 1. The Bertz CT molecular complexity index is 251. The van der Waals surface area contributed by atoms with Crippen LogP contribution in [-0.2, 0) is 17.7 Å². The summed E-state index contributed by atoms with van der Waals surface area (Å²) in [5.74, 6) is 0. The highest BCUT2D eigenvalue weighted by Gasteiger charge is 2.03. The molecule has 0 N–H and O–H groups in total. The predicted molar refractivity (Wildman–Crippen MR) is 54.0 cm³/mol. The van der Waals surface area contributed by atoms with Gasteiger partial charge in [-0.2, -0.15) is 0 Å². The molecule has 1 heterocycles. The first kappa shape index (κ1) is 10.7. The number of halogens is 1. The number of methoxy groups -OCH3 is 1. The van der Waals surface area contributed by atoms with E-state index in [1.54, 1.807) is 7.11 Å². The monoisotopic (exact) mass is 247 g/mol. The molecule has 1 aromatic rings. The summed E-state index contributed by atoms with van der Waals surface area (Å²) in [7, 11) is 1.70. The zero-order valence-corrected chi connectivity index (χ0v) is 9.49. The minimum Gasteiger partial charge on any atom is -0.380 e. The zero-order chi connectivity index (χ0) is 9.68. The lowest BCUT2D eigenvalue weighted by Gasteiger charge is -2.07. The summed E-state index contributed by atoms with van der Waals surface area (Å²) in [6.07, 6.45) is 3.05. The van der Waals surface area contributed by atoms with Crippen LogP contribution >= 0.6 is 15.9 Å². The first-order valence-electron chi connectivity index (χ1n) is 4.24. The third kappa shape index (κ3) is 3.44. The van der Waals surface area contributed by atoms with Crippen molar-refractivity contribution in [3.63, 3.8) is 0 Å². The Kier molecular flexibility index (Phi) is 4.38. The summed E-state index contributed by atoms with van der Waals surface area (Å²) in [5.41, 5.74) is 1.01. The molecule has 1 rings (SSSR count). The summed E-state index contributed by atoms with van der Waals surface area (Å²) in [6, 6.07) is 0. The van der Waals surface area contributed by atoms with Crippen LogP contribution < -0.4 is 0 Å². The highest BCUT2D eigenvalue weighted by atomic mass is 79.9. The van der Waals surface area contributed by atoms with Crippen LogP contribution in [0.5, 0.6) is 0 Å². The molecule has 0 fully saturated rings. The van der Waals surface area contributed by atoms with Crippen molar-refractivity contribution in [3.8, 4) is 0 Å². The molecule has 0 aromatic carbocycles. The molecule has 1 unspecified atom stereocenters. The molecule has 0 amide bonds. The molecule has 5 heteroatoms. The molecular formula is C8H14BrN3O. The van der Waals surface area contributed by atoms with E-state index in [0.717, 1.165) is 24.0 Å². The first-order chi connectivity index (χ1) is 6.26. The Morgan fingerprint density at radius 2 is 2.46 bits per heavy atom. The molecule has 0 saturated carbocycles. The van der Waals surface area contributed by atoms with Gasteiger partial charge in [-0.25, -0.2) is 4.68 Å². The van der Waals surface area contributed by atoms with Gasteiger partial charge in [-0.1, -0.05) is 21.1 Å². The van der Waals surface area contributed by atoms with Crippen molar-refractivity contribution in [2.45, 2.75) is 26.0 Å². The molecule has 0 radical (unpaired) electrons. The molecule has 1 atom stereocenters. The molecule has 13 heavy (non-hydrogen) atoms. The molecule has 0 aliphatic heterocycles. The van der Waals surface area contributed by atoms with E-state index in [9.17, 15) is 0 Å². The van der Waals surface area contributed by atoms with E-state index in [0.29, 0.717) is 0 Å². The fourth-order valence-electron chi connectivity index (χ4n) is 0.977. The summed E-state index contributed by atoms with van der Waals surface area (Å²) < 4.78 is 6.94. The predicted octanol–water partition coefficient (Wildman–Crippen LogP) is 1.25. The van der Waals surface area contributed by atoms with Gasteiger partial charge < -0.3 is 4.74 Å². The maximum absolute atomic E-state index is 5.13. The number of hydrogen-bond acceptors (Lipinski definition) is 3. The van der Waals surface area contributed by atoms with E-state index in [1.165, 1.54) is 0 Å². The van der Waals surface area contributed by atoms with Crippen LogP contribution in [0.15, 0.2) is 6.20 Å². The van der Waals surface area contributed by atoms with Crippen LogP contribution in [-0.4, -0.2) is 33.5 Å². The molecule has 4 nitrogen and oxygen atoms in total. The number of nitrogens with zero attached hydrogens (tertiary/aromatic N) is 3. The van der Waals surface area contributed by atoms with Crippen molar-refractivity contribution in [1.82, 2.24) is 15.0 Å². The van der Waals surface area contributed by atoms with Gasteiger partial charge in [-0.05, 0) is 6.92 Å². The van der Waals surface area contributed by atoms with E-state index >= 15 is 0 Å². The highest BCUT2D eigenvalue weighted by molar-refractivity contribution is 9.09. The number of hydrogen-bond donors (Lipinski definition) is 0. The average molecular weight is 248 g/mol. The Balaban J connectivity index is 2.48. The fraction of sp³-hybridized carbons (Fsp3) is 0.750. The van der Waals surface area contributed by atoms with Crippen molar-refractivity contribution < 1.29 is 4.74 Å². The average Bonchev–Trinajstić information content (AvgIpc) is 2.53. The van der Waals surface area contributed by atoms with E-state index in [-0.39, 0.29) is 6.10 Å². The van der Waals surface area contributed by atoms with Gasteiger partial charge >= 0.3 is 0 Å². The highest BCUT2D eigenvalue weighted by Crippen LogP contribution is 1.99. The molecule has 0 aliphatic carbocycles. The number of aryl methyl sites for hydroxylation is 1. The van der Waals surface area contributed by atoms with Crippen LogP contribution in [0.2, 0.25) is 0 Å². The van der Waals surface area contributed by atoms with Crippen LogP contribution in [0, 0.1) is 0 Å². The molecule has 74 valence electrons. The molecule has 0 saturated heterocycles. The van der Waals surface area contributed by atoms with Crippen molar-refractivity contribution in [3.05, 3.63) is 11.9 Å². The van der Waals surface area contributed by atoms with Crippen molar-refractivity contribution >= 4 is 15.9 Å². The zero-order valence-electron chi connectivity index (χ0n) is 7.90. The Morgan fingerprint density at radius 1 is 1.69 bits per heavy atom. The van der Waals surface area contributed by atoms with Gasteiger partial charge in [-0.15, -0.1) is 5.10 Å². The van der Waals surface area contributed by atoms with Crippen LogP contribution in [0.3, 0.4) is 0 Å². The number of aromatic nitrogens is 3. The third-order valence-electron chi connectivity index (χ3n) is 1.78. The third-order valence-corrected chi connectivity index (χ3v) is 2.18. The van der Waals surface area contributed by atoms with Crippen LogP contribution in [0.25, 0.3) is 0 Å². The second-order valence-electron chi connectivity index (χ2n) is 2.92. The lowest BCUT2D eigenvalue weighted by atomic mass is 10.4. The molecule has 1 aromatic heterocycles. The summed E-state index contributed by atoms with van der Waals surface area (Å²) >= 11 is 3.36. The maximum Gasteiger partial charge on any atom is 0.0835 e.